The first kappa shape index (κ1) is 9.76. The largest absolute Gasteiger partial charge is 0.397 e. The molecule has 0 fully saturated rings. The van der Waals surface area contributed by atoms with Gasteiger partial charge in [0.15, 0.2) is 0 Å². The van der Waals surface area contributed by atoms with Gasteiger partial charge in [-0.3, -0.25) is 0 Å². The van der Waals surface area contributed by atoms with E-state index >= 15 is 0 Å². The molecule has 0 saturated carbocycles. The Labute approximate surface area is 71.5 Å². The third kappa shape index (κ3) is 2.30. The van der Waals surface area contributed by atoms with Gasteiger partial charge in [-0.1, -0.05) is 5.16 Å². The molecule has 1 rings (SSSR count). The molecule has 13 heavy (non-hydrogen) atoms. The van der Waals surface area contributed by atoms with Gasteiger partial charge in [0.1, 0.15) is 18.5 Å². The second-order valence-corrected chi connectivity index (χ2v) is 2.42. The lowest BCUT2D eigenvalue weighted by Gasteiger charge is -2.14. The van der Waals surface area contributed by atoms with Crippen molar-refractivity contribution in [2.24, 2.45) is 0 Å². The molecule has 0 aliphatic rings. The highest BCUT2D eigenvalue weighted by Crippen LogP contribution is 2.35. The second-order valence-electron chi connectivity index (χ2n) is 2.42. The lowest BCUT2D eigenvalue weighted by molar-refractivity contribution is -0.155. The molecule has 72 valence electrons. The number of carbonyl (C=O) groups excluding carboxylic acids is 1. The van der Waals surface area contributed by atoms with Crippen molar-refractivity contribution in [2.45, 2.75) is 18.5 Å². The summed E-state index contributed by atoms with van der Waals surface area (Å²) in [5.41, 5.74) is -0.264. The van der Waals surface area contributed by atoms with Crippen molar-refractivity contribution < 1.29 is 22.5 Å². The monoisotopic (exact) mass is 193 g/mol. The predicted octanol–water partition coefficient (Wildman–Crippen LogP) is 1.91. The quantitative estimate of drug-likeness (QED) is 0.688. The summed E-state index contributed by atoms with van der Waals surface area (Å²) in [6.07, 6.45) is -3.83. The van der Waals surface area contributed by atoms with Crippen LogP contribution in [0.15, 0.2) is 16.9 Å². The van der Waals surface area contributed by atoms with Gasteiger partial charge in [0.25, 0.3) is 0 Å². The molecule has 1 atom stereocenters. The summed E-state index contributed by atoms with van der Waals surface area (Å²) < 4.78 is 41.0. The van der Waals surface area contributed by atoms with Crippen molar-refractivity contribution in [3.05, 3.63) is 18.0 Å². The predicted molar refractivity (Wildman–Crippen MR) is 36.0 cm³/mol. The molecular formula is C7H6F3NO2. The van der Waals surface area contributed by atoms with Crippen LogP contribution < -0.4 is 0 Å². The molecule has 0 amide bonds. The van der Waals surface area contributed by atoms with Gasteiger partial charge in [-0.2, -0.15) is 13.2 Å². The Kier molecular flexibility index (Phi) is 2.69. The van der Waals surface area contributed by atoms with Crippen molar-refractivity contribution in [3.8, 4) is 0 Å². The summed E-state index contributed by atoms with van der Waals surface area (Å²) in [4.78, 5) is 10.00. The molecule has 1 heterocycles. The smallest absolute Gasteiger partial charge is 0.364 e. The average Bonchev–Trinajstić information content (AvgIpc) is 2.49. The molecule has 0 aliphatic heterocycles. The number of aromatic nitrogens is 1. The van der Waals surface area contributed by atoms with Gasteiger partial charge in [0.05, 0.1) is 5.69 Å². The maximum absolute atomic E-state index is 12.2. The standard InChI is InChI=1S/C7H6F3NO2/c8-7(9,10)5(1-3-12)6-2-4-13-11-6/h2-5H,1H2. The third-order valence-electron chi connectivity index (χ3n) is 1.54. The van der Waals surface area contributed by atoms with Crippen molar-refractivity contribution >= 4 is 6.29 Å². The van der Waals surface area contributed by atoms with E-state index in [4.69, 9.17) is 0 Å². The van der Waals surface area contributed by atoms with Gasteiger partial charge in [-0.25, -0.2) is 0 Å². The lowest BCUT2D eigenvalue weighted by atomic mass is 10.0. The molecule has 0 aromatic carbocycles. The van der Waals surface area contributed by atoms with Crippen LogP contribution in [0, 0.1) is 0 Å². The highest BCUT2D eigenvalue weighted by atomic mass is 19.4. The minimum Gasteiger partial charge on any atom is -0.364 e. The third-order valence-corrected chi connectivity index (χ3v) is 1.54. The summed E-state index contributed by atoms with van der Waals surface area (Å²) in [7, 11) is 0. The Morgan fingerprint density at radius 1 is 1.62 bits per heavy atom. The molecule has 0 radical (unpaired) electrons. The van der Waals surface area contributed by atoms with Gasteiger partial charge in [0, 0.05) is 12.5 Å². The molecule has 1 aromatic heterocycles. The minimum atomic E-state index is -4.46. The minimum absolute atomic E-state index is 0.215. The molecule has 0 bridgehead atoms. The maximum atomic E-state index is 12.2. The van der Waals surface area contributed by atoms with Crippen LogP contribution in [0.5, 0.6) is 0 Å². The summed E-state index contributed by atoms with van der Waals surface area (Å²) in [6, 6.07) is 1.10. The second kappa shape index (κ2) is 3.59. The normalized spacial score (nSPS) is 14.1. The van der Waals surface area contributed by atoms with Crippen LogP contribution in [-0.4, -0.2) is 17.6 Å². The van der Waals surface area contributed by atoms with E-state index in [1.807, 2.05) is 0 Å². The summed E-state index contributed by atoms with van der Waals surface area (Å²) in [5, 5.41) is 3.15. The molecule has 0 aliphatic carbocycles. The highest BCUT2D eigenvalue weighted by Gasteiger charge is 2.41. The molecule has 0 saturated heterocycles. The van der Waals surface area contributed by atoms with E-state index in [9.17, 15) is 18.0 Å². The topological polar surface area (TPSA) is 43.1 Å². The SMILES string of the molecule is O=CCC(c1ccon1)C(F)(F)F. The number of hydrogen-bond acceptors (Lipinski definition) is 3. The van der Waals surface area contributed by atoms with E-state index in [1.165, 1.54) is 0 Å². The zero-order valence-corrected chi connectivity index (χ0v) is 6.41. The van der Waals surface area contributed by atoms with E-state index < -0.39 is 18.5 Å². The Hall–Kier alpha value is -1.33. The summed E-state index contributed by atoms with van der Waals surface area (Å²) in [5.74, 6) is -1.86. The fourth-order valence-electron chi connectivity index (χ4n) is 0.920. The fourth-order valence-corrected chi connectivity index (χ4v) is 0.920. The fraction of sp³-hybridized carbons (Fsp3) is 0.429. The van der Waals surface area contributed by atoms with Crippen molar-refractivity contribution in [3.63, 3.8) is 0 Å². The van der Waals surface area contributed by atoms with Crippen LogP contribution in [0.3, 0.4) is 0 Å². The van der Waals surface area contributed by atoms with Crippen molar-refractivity contribution in [1.29, 1.82) is 0 Å². The Morgan fingerprint density at radius 3 is 2.69 bits per heavy atom. The zero-order valence-electron chi connectivity index (χ0n) is 6.41. The Bertz CT molecular complexity index is 268. The van der Waals surface area contributed by atoms with E-state index in [0.29, 0.717) is 0 Å². The molecule has 1 aromatic rings. The van der Waals surface area contributed by atoms with E-state index in [1.54, 1.807) is 0 Å². The maximum Gasteiger partial charge on any atom is 0.397 e. The number of aldehydes is 1. The molecular weight excluding hydrogens is 187 g/mol. The average molecular weight is 193 g/mol. The first-order valence-corrected chi connectivity index (χ1v) is 3.46. The lowest BCUT2D eigenvalue weighted by Crippen LogP contribution is -2.21. The van der Waals surface area contributed by atoms with E-state index in [-0.39, 0.29) is 12.0 Å². The van der Waals surface area contributed by atoms with Crippen molar-refractivity contribution in [2.75, 3.05) is 0 Å². The number of rotatable bonds is 3. The number of alkyl halides is 3. The van der Waals surface area contributed by atoms with Crippen LogP contribution in [0.4, 0.5) is 13.2 Å². The van der Waals surface area contributed by atoms with Gasteiger partial charge < -0.3 is 9.32 Å². The van der Waals surface area contributed by atoms with Crippen LogP contribution in [0.2, 0.25) is 0 Å². The Balaban J connectivity index is 2.86. The number of nitrogens with zero attached hydrogens (tertiary/aromatic N) is 1. The number of halogens is 3. The summed E-state index contributed by atoms with van der Waals surface area (Å²) >= 11 is 0. The van der Waals surface area contributed by atoms with Crippen LogP contribution in [0.1, 0.15) is 18.0 Å². The first-order chi connectivity index (χ1) is 6.05. The summed E-state index contributed by atoms with van der Waals surface area (Å²) in [6.45, 7) is 0. The number of hydrogen-bond donors (Lipinski definition) is 0. The molecule has 3 nitrogen and oxygen atoms in total. The molecule has 1 unspecified atom stereocenters. The van der Waals surface area contributed by atoms with E-state index in [0.717, 1.165) is 12.3 Å². The highest BCUT2D eigenvalue weighted by molar-refractivity contribution is 5.51. The van der Waals surface area contributed by atoms with Gasteiger partial charge in [0.2, 0.25) is 0 Å². The Morgan fingerprint density at radius 2 is 2.31 bits per heavy atom. The van der Waals surface area contributed by atoms with Crippen LogP contribution in [0.25, 0.3) is 0 Å². The van der Waals surface area contributed by atoms with Crippen LogP contribution in [-0.2, 0) is 4.79 Å². The van der Waals surface area contributed by atoms with Gasteiger partial charge >= 0.3 is 6.18 Å². The van der Waals surface area contributed by atoms with Crippen molar-refractivity contribution in [1.82, 2.24) is 5.16 Å². The number of carbonyl (C=O) groups is 1. The van der Waals surface area contributed by atoms with E-state index in [2.05, 4.69) is 9.68 Å². The first-order valence-electron chi connectivity index (χ1n) is 3.46. The van der Waals surface area contributed by atoms with Crippen LogP contribution >= 0.6 is 0 Å². The molecule has 0 N–H and O–H groups in total. The van der Waals surface area contributed by atoms with Gasteiger partial charge in [-0.15, -0.1) is 0 Å². The molecule has 0 spiro atoms. The molecule has 6 heteroatoms. The van der Waals surface area contributed by atoms with Gasteiger partial charge in [-0.05, 0) is 0 Å². The zero-order chi connectivity index (χ0) is 9.90.